The van der Waals surface area contributed by atoms with Gasteiger partial charge in [-0.05, 0) is 0 Å². The third-order valence-corrected chi connectivity index (χ3v) is 0.268. The predicted octanol–water partition coefficient (Wildman–Crippen LogP) is -0.145. The van der Waals surface area contributed by atoms with Crippen molar-refractivity contribution in [2.75, 3.05) is 0 Å². The Labute approximate surface area is 32.9 Å². The van der Waals surface area contributed by atoms with Crippen LogP contribution in [-0.4, -0.2) is 5.21 Å². The van der Waals surface area contributed by atoms with Crippen LogP contribution in [0, 0.1) is 10.7 Å². The van der Waals surface area contributed by atoms with Crippen LogP contribution in [0.3, 0.4) is 0 Å². The molecule has 0 saturated heterocycles. The van der Waals surface area contributed by atoms with Gasteiger partial charge in [0.25, 0.3) is 0 Å². The molecule has 0 aliphatic carbocycles. The van der Waals surface area contributed by atoms with Crippen LogP contribution in [0.5, 0.6) is 0 Å². The van der Waals surface area contributed by atoms with Crippen molar-refractivity contribution in [2.45, 2.75) is 0 Å². The van der Waals surface area contributed by atoms with Crippen LogP contribution < -0.4 is 0 Å². The average molecular weight is 90.1 g/mol. The summed E-state index contributed by atoms with van der Waals surface area (Å²) in [4.78, 5) is 0. The predicted molar refractivity (Wildman–Crippen MR) is 18.6 cm³/mol. The topological polar surface area (TPSA) is 56.4 Å². The Morgan fingerprint density at radius 2 is 2.60 bits per heavy atom. The zero-order chi connectivity index (χ0) is 4.12. The first-order valence-electron chi connectivity index (χ1n) is 0.847. The van der Waals surface area contributed by atoms with Gasteiger partial charge in [0, 0.05) is 11.6 Å². The van der Waals surface area contributed by atoms with E-state index in [4.69, 9.17) is 10.5 Å². The lowest BCUT2D eigenvalue weighted by Gasteiger charge is -1.51. The second kappa shape index (κ2) is 3.60. The molecule has 0 aromatic rings. The van der Waals surface area contributed by atoms with Crippen molar-refractivity contribution in [3.63, 3.8) is 0 Å². The summed E-state index contributed by atoms with van der Waals surface area (Å²) < 4.78 is 2.47. The summed E-state index contributed by atoms with van der Waals surface area (Å²) in [5.41, 5.74) is 0. The lowest BCUT2D eigenvalue weighted by atomic mass is 11.8. The van der Waals surface area contributed by atoms with Gasteiger partial charge < -0.3 is 0 Å². The first-order chi connectivity index (χ1) is 2.41. The lowest BCUT2D eigenvalue weighted by molar-refractivity contribution is 0.330. The van der Waals surface area contributed by atoms with Gasteiger partial charge in [0.05, 0.1) is 0 Å². The molecular weight excluding hydrogens is 88.1 g/mol. The molecule has 1 N–H and O–H groups in total. The quantitative estimate of drug-likeness (QED) is 0.247. The van der Waals surface area contributed by atoms with E-state index in [0.717, 1.165) is 0 Å². The normalized spacial score (nSPS) is 9.60. The maximum absolute atomic E-state index is 7.55. The van der Waals surface area contributed by atoms with Gasteiger partial charge in [0.15, 0.2) is 0 Å². The zero-order valence-electron chi connectivity index (χ0n) is 2.29. The molecule has 0 atom stereocenters. The number of nitrogens with zero attached hydrogens (tertiary/aromatic N) is 2. The fourth-order valence-electron chi connectivity index (χ4n) is 0.0200. The Hall–Kier alpha value is -0.400. The fraction of sp³-hybridized carbons (Fsp3) is 0. The second-order valence-electron chi connectivity index (χ2n) is 0.289. The first-order valence-corrected chi connectivity index (χ1v) is 1.69. The molecule has 0 aromatic carbocycles. The molecule has 0 aliphatic heterocycles. The fourth-order valence-corrected chi connectivity index (χ4v) is 0.0600. The molecular formula is CH2N2OS. The molecule has 5 heavy (non-hydrogen) atoms. The van der Waals surface area contributed by atoms with E-state index in [1.165, 1.54) is 0 Å². The van der Waals surface area contributed by atoms with Crippen molar-refractivity contribution in [1.29, 1.82) is 5.26 Å². The number of hydrogen-bond donors (Lipinski definition) is 2. The third kappa shape index (κ3) is 3.60. The van der Waals surface area contributed by atoms with Crippen LogP contribution in [0.25, 0.3) is 0 Å². The molecule has 0 aromatic heterocycles. The summed E-state index contributed by atoms with van der Waals surface area (Å²) in [5, 5.41) is 16.6. The van der Waals surface area contributed by atoms with Gasteiger partial charge in [0.2, 0.25) is 0 Å². The molecule has 0 rings (SSSR count). The monoisotopic (exact) mass is 90.0 g/mol. The summed E-state index contributed by atoms with van der Waals surface area (Å²) in [7, 11) is 0. The molecule has 0 radical (unpaired) electrons. The molecule has 3 nitrogen and oxygen atoms in total. The van der Waals surface area contributed by atoms with Crippen LogP contribution >= 0.6 is 0 Å². The summed E-state index contributed by atoms with van der Waals surface area (Å²) in [6.45, 7) is 0. The highest BCUT2D eigenvalue weighted by molar-refractivity contribution is 7.73. The maximum atomic E-state index is 7.55. The minimum Gasteiger partial charge on any atom is -0.261 e. The Morgan fingerprint density at radius 3 is 2.60 bits per heavy atom. The summed E-state index contributed by atoms with van der Waals surface area (Å²) in [6, 6.07) is 0. The van der Waals surface area contributed by atoms with Gasteiger partial charge >= 0.3 is 0 Å². The van der Waals surface area contributed by atoms with Gasteiger partial charge in [-0.1, -0.05) is 0 Å². The second-order valence-corrected chi connectivity index (χ2v) is 0.868. The largest absolute Gasteiger partial charge is 0.261 e. The molecule has 4 heteroatoms. The van der Waals surface area contributed by atoms with Crippen molar-refractivity contribution < 1.29 is 5.21 Å². The minimum atomic E-state index is 0.0664. The van der Waals surface area contributed by atoms with Crippen molar-refractivity contribution in [3.8, 4) is 5.40 Å². The number of nitriles is 1. The van der Waals surface area contributed by atoms with Gasteiger partial charge in [-0.3, -0.25) is 5.21 Å². The first kappa shape index (κ1) is 4.60. The van der Waals surface area contributed by atoms with Crippen molar-refractivity contribution in [3.05, 3.63) is 0 Å². The minimum absolute atomic E-state index is 0.0664. The number of rotatable bonds is 0. The van der Waals surface area contributed by atoms with E-state index in [-0.39, 0.29) is 11.6 Å². The van der Waals surface area contributed by atoms with Crippen LogP contribution in [0.1, 0.15) is 0 Å². The molecule has 0 heterocycles. The molecule has 0 spiro atoms. The van der Waals surface area contributed by atoms with E-state index >= 15 is 0 Å². The van der Waals surface area contributed by atoms with Crippen LogP contribution in [0.2, 0.25) is 0 Å². The van der Waals surface area contributed by atoms with Gasteiger partial charge in [-0.25, -0.2) is 0 Å². The van der Waals surface area contributed by atoms with Gasteiger partial charge in [-0.2, -0.15) is 5.26 Å². The zero-order valence-corrected chi connectivity index (χ0v) is 3.18. The Balaban J connectivity index is 3.04. The molecule has 0 bridgehead atoms. The Kier molecular flexibility index (Phi) is 3.31. The molecule has 28 valence electrons. The van der Waals surface area contributed by atoms with Gasteiger partial charge in [0.1, 0.15) is 5.40 Å². The Morgan fingerprint density at radius 1 is 2.00 bits per heavy atom. The number of thiocyanates is 1. The third-order valence-electron chi connectivity index (χ3n) is 0.0894. The van der Waals surface area contributed by atoms with Crippen molar-refractivity contribution in [2.24, 2.45) is 4.53 Å². The van der Waals surface area contributed by atoms with Gasteiger partial charge in [-0.15, -0.1) is 4.53 Å². The number of hydrogen-bond acceptors (Lipinski definition) is 2. The van der Waals surface area contributed by atoms with E-state index in [1.54, 1.807) is 5.40 Å². The van der Waals surface area contributed by atoms with Crippen molar-refractivity contribution in [1.82, 2.24) is 0 Å². The van der Waals surface area contributed by atoms with Crippen LogP contribution in [-0.2, 0) is 11.6 Å². The van der Waals surface area contributed by atoms with Crippen LogP contribution in [0.4, 0.5) is 0 Å². The summed E-state index contributed by atoms with van der Waals surface area (Å²) >= 11 is 0.0664. The van der Waals surface area contributed by atoms with Crippen LogP contribution in [0.15, 0.2) is 4.53 Å². The Bertz CT molecular complexity index is 72.2. The maximum Gasteiger partial charge on any atom is 0.143 e. The molecule has 0 amide bonds. The smallest absolute Gasteiger partial charge is 0.143 e. The van der Waals surface area contributed by atoms with E-state index in [9.17, 15) is 0 Å². The molecule has 0 saturated carbocycles. The highest BCUT2D eigenvalue weighted by Gasteiger charge is 1.45. The SMILES string of the molecule is N#C/[SH]=N/O. The highest BCUT2D eigenvalue weighted by Crippen LogP contribution is 1.48. The molecule has 0 unspecified atom stereocenters. The highest BCUT2D eigenvalue weighted by atomic mass is 32.1. The van der Waals surface area contributed by atoms with Crippen molar-refractivity contribution >= 4 is 11.6 Å². The molecule has 0 fully saturated rings. The summed E-state index contributed by atoms with van der Waals surface area (Å²) in [6.07, 6.45) is 0. The lowest BCUT2D eigenvalue weighted by Crippen LogP contribution is -1.45. The van der Waals surface area contributed by atoms with E-state index in [0.29, 0.717) is 0 Å². The standard InChI is InChI=1S/CH2N2OS/c2-1-5-3-4/h4-5H. The summed E-state index contributed by atoms with van der Waals surface area (Å²) in [5.74, 6) is 0. The molecule has 0 aliphatic rings. The van der Waals surface area contributed by atoms with E-state index in [2.05, 4.69) is 4.53 Å². The average Bonchev–Trinajstić information content (AvgIpc) is 1.41. The number of thiol groups is 1. The van der Waals surface area contributed by atoms with E-state index < -0.39 is 0 Å². The van der Waals surface area contributed by atoms with E-state index in [1.807, 2.05) is 0 Å².